The van der Waals surface area contributed by atoms with Crippen LogP contribution in [0.1, 0.15) is 40.9 Å². The topological polar surface area (TPSA) is 72.9 Å². The first-order valence-corrected chi connectivity index (χ1v) is 9.59. The second kappa shape index (κ2) is 11.7. The largest absolute Gasteiger partial charge is 0.348 e. The van der Waals surface area contributed by atoms with Gasteiger partial charge in [0.05, 0.1) is 24.1 Å². The van der Waals surface area contributed by atoms with E-state index in [-0.39, 0.29) is 36.8 Å². The number of hydrogen-bond acceptors (Lipinski definition) is 3. The highest BCUT2D eigenvalue weighted by atomic mass is 35.5. The summed E-state index contributed by atoms with van der Waals surface area (Å²) < 4.78 is 2.01. The third kappa shape index (κ3) is 7.17. The van der Waals surface area contributed by atoms with E-state index in [1.54, 1.807) is 6.33 Å². The van der Waals surface area contributed by atoms with Gasteiger partial charge in [-0.05, 0) is 31.9 Å². The molecule has 1 amide bonds. The first-order valence-electron chi connectivity index (χ1n) is 9.59. The lowest BCUT2D eigenvalue weighted by molar-refractivity contribution is -0.123. The van der Waals surface area contributed by atoms with Crippen molar-refractivity contribution in [2.24, 2.45) is 5.73 Å². The van der Waals surface area contributed by atoms with Crippen molar-refractivity contribution in [3.05, 3.63) is 89.0 Å². The predicted molar refractivity (Wildman–Crippen MR) is 126 cm³/mol. The van der Waals surface area contributed by atoms with E-state index >= 15 is 0 Å². The maximum atomic E-state index is 12.5. The van der Waals surface area contributed by atoms with E-state index in [0.717, 1.165) is 17.8 Å². The van der Waals surface area contributed by atoms with Crippen LogP contribution in [0, 0.1) is 13.8 Å². The first-order chi connectivity index (χ1) is 13.4. The molecule has 3 N–H and O–H groups in total. The molecule has 2 aromatic carbocycles. The van der Waals surface area contributed by atoms with Crippen LogP contribution in [0.15, 0.2) is 61.1 Å². The van der Waals surface area contributed by atoms with Gasteiger partial charge in [0.15, 0.2) is 0 Å². The molecule has 7 heteroatoms. The summed E-state index contributed by atoms with van der Waals surface area (Å²) in [6.07, 6.45) is 4.14. The summed E-state index contributed by atoms with van der Waals surface area (Å²) in [5.41, 5.74) is 11.6. The number of carbonyl (C=O) groups excluding carboxylic acids is 1. The Hall–Kier alpha value is -2.34. The monoisotopic (exact) mass is 448 g/mol. The standard InChI is InChI=1S/C23H28N4O.2ClH/c1-16-9-17(2)11-20(10-16)18(3)26-23(28)22(24)12-21-14-27(15-25-21)13-19-7-5-4-6-8-19;;/h4-11,14-15,18,22H,12-13,24H2,1-3H3,(H,26,28);2*1H/t18?,22-;;/m0../s1. The van der Waals surface area contributed by atoms with E-state index in [1.165, 1.54) is 16.7 Å². The Bertz CT molecular complexity index is 923. The molecule has 1 unspecified atom stereocenters. The molecule has 2 atom stereocenters. The van der Waals surface area contributed by atoms with Crippen molar-refractivity contribution in [1.82, 2.24) is 14.9 Å². The van der Waals surface area contributed by atoms with Crippen LogP contribution in [0.4, 0.5) is 0 Å². The van der Waals surface area contributed by atoms with E-state index in [9.17, 15) is 4.79 Å². The lowest BCUT2D eigenvalue weighted by Crippen LogP contribution is -2.43. The fourth-order valence-electron chi connectivity index (χ4n) is 3.37. The molecule has 5 nitrogen and oxygen atoms in total. The zero-order valence-electron chi connectivity index (χ0n) is 17.5. The molecule has 162 valence electrons. The minimum Gasteiger partial charge on any atom is -0.348 e. The van der Waals surface area contributed by atoms with Crippen LogP contribution >= 0.6 is 24.8 Å². The molecule has 1 heterocycles. The van der Waals surface area contributed by atoms with Crippen molar-refractivity contribution in [2.45, 2.75) is 45.8 Å². The number of nitrogens with zero attached hydrogens (tertiary/aromatic N) is 2. The average molecular weight is 449 g/mol. The minimum atomic E-state index is -0.631. The van der Waals surface area contributed by atoms with Crippen molar-refractivity contribution in [3.63, 3.8) is 0 Å². The summed E-state index contributed by atoms with van der Waals surface area (Å²) in [4.78, 5) is 16.9. The zero-order chi connectivity index (χ0) is 20.1. The molecule has 0 aliphatic carbocycles. The lowest BCUT2D eigenvalue weighted by Gasteiger charge is -2.18. The van der Waals surface area contributed by atoms with Gasteiger partial charge in [-0.2, -0.15) is 0 Å². The number of hydrogen-bond donors (Lipinski definition) is 2. The molecule has 0 aliphatic rings. The first kappa shape index (κ1) is 25.7. The van der Waals surface area contributed by atoms with Crippen LogP contribution in [-0.2, 0) is 17.8 Å². The normalized spacial score (nSPS) is 12.3. The van der Waals surface area contributed by atoms with Gasteiger partial charge in [-0.25, -0.2) is 4.98 Å². The van der Waals surface area contributed by atoms with Crippen LogP contribution in [-0.4, -0.2) is 21.5 Å². The molecule has 3 rings (SSSR count). The summed E-state index contributed by atoms with van der Waals surface area (Å²) in [6.45, 7) is 6.84. The van der Waals surface area contributed by atoms with Gasteiger partial charge in [0.25, 0.3) is 0 Å². The molecule has 0 bridgehead atoms. The number of carbonyl (C=O) groups is 1. The number of nitrogens with two attached hydrogens (primary N) is 1. The summed E-state index contributed by atoms with van der Waals surface area (Å²) in [7, 11) is 0. The van der Waals surface area contributed by atoms with E-state index in [1.807, 2.05) is 35.9 Å². The number of nitrogens with one attached hydrogen (secondary N) is 1. The van der Waals surface area contributed by atoms with Gasteiger partial charge in [-0.1, -0.05) is 59.7 Å². The Balaban J connectivity index is 0.00000225. The molecule has 1 aromatic heterocycles. The molecule has 0 fully saturated rings. The van der Waals surface area contributed by atoms with Gasteiger partial charge < -0.3 is 15.6 Å². The Labute approximate surface area is 190 Å². The number of halogens is 2. The van der Waals surface area contributed by atoms with Gasteiger partial charge >= 0.3 is 0 Å². The summed E-state index contributed by atoms with van der Waals surface area (Å²) >= 11 is 0. The van der Waals surface area contributed by atoms with Gasteiger partial charge in [0.2, 0.25) is 5.91 Å². The van der Waals surface area contributed by atoms with Gasteiger partial charge in [0, 0.05) is 19.2 Å². The second-order valence-corrected chi connectivity index (χ2v) is 7.48. The molecule has 0 saturated carbocycles. The van der Waals surface area contributed by atoms with E-state index in [2.05, 4.69) is 54.5 Å². The van der Waals surface area contributed by atoms with Crippen molar-refractivity contribution in [2.75, 3.05) is 0 Å². The highest BCUT2D eigenvalue weighted by Crippen LogP contribution is 2.17. The van der Waals surface area contributed by atoms with Crippen molar-refractivity contribution < 1.29 is 4.79 Å². The van der Waals surface area contributed by atoms with Crippen LogP contribution in [0.3, 0.4) is 0 Å². The molecule has 0 radical (unpaired) electrons. The summed E-state index contributed by atoms with van der Waals surface area (Å²) in [5, 5.41) is 3.02. The number of amides is 1. The summed E-state index contributed by atoms with van der Waals surface area (Å²) in [6, 6.07) is 15.8. The number of aromatic nitrogens is 2. The Kier molecular flexibility index (Phi) is 10.1. The average Bonchev–Trinajstić information content (AvgIpc) is 3.08. The molecule has 30 heavy (non-hydrogen) atoms. The van der Waals surface area contributed by atoms with Gasteiger partial charge in [0.1, 0.15) is 0 Å². The van der Waals surface area contributed by atoms with Crippen molar-refractivity contribution in [3.8, 4) is 0 Å². The third-order valence-corrected chi connectivity index (χ3v) is 4.76. The van der Waals surface area contributed by atoms with Crippen molar-refractivity contribution in [1.29, 1.82) is 0 Å². The number of rotatable bonds is 7. The van der Waals surface area contributed by atoms with E-state index < -0.39 is 6.04 Å². The smallest absolute Gasteiger partial charge is 0.237 e. The second-order valence-electron chi connectivity index (χ2n) is 7.48. The molecular formula is C23H30Cl2N4O. The Morgan fingerprint density at radius 3 is 2.37 bits per heavy atom. The minimum absolute atomic E-state index is 0. The maximum Gasteiger partial charge on any atom is 0.237 e. The molecule has 0 aliphatic heterocycles. The summed E-state index contributed by atoms with van der Waals surface area (Å²) in [5.74, 6) is -0.163. The molecule has 0 spiro atoms. The lowest BCUT2D eigenvalue weighted by atomic mass is 10.0. The van der Waals surface area contributed by atoms with Gasteiger partial charge in [-0.15, -0.1) is 24.8 Å². The fraction of sp³-hybridized carbons (Fsp3) is 0.304. The maximum absolute atomic E-state index is 12.5. The quantitative estimate of drug-likeness (QED) is 0.570. The van der Waals surface area contributed by atoms with Crippen molar-refractivity contribution >= 4 is 30.7 Å². The fourth-order valence-corrected chi connectivity index (χ4v) is 3.37. The number of benzene rings is 2. The number of aryl methyl sites for hydroxylation is 2. The number of imidazole rings is 1. The molecule has 3 aromatic rings. The van der Waals surface area contributed by atoms with Gasteiger partial charge in [-0.3, -0.25) is 4.79 Å². The van der Waals surface area contributed by atoms with Crippen LogP contribution < -0.4 is 11.1 Å². The third-order valence-electron chi connectivity index (χ3n) is 4.76. The highest BCUT2D eigenvalue weighted by molar-refractivity contribution is 5.85. The Morgan fingerprint density at radius 1 is 1.10 bits per heavy atom. The molecule has 0 saturated heterocycles. The Morgan fingerprint density at radius 2 is 1.73 bits per heavy atom. The zero-order valence-corrected chi connectivity index (χ0v) is 19.2. The van der Waals surface area contributed by atoms with E-state index in [0.29, 0.717) is 6.42 Å². The van der Waals surface area contributed by atoms with Crippen LogP contribution in [0.5, 0.6) is 0 Å². The van der Waals surface area contributed by atoms with E-state index in [4.69, 9.17) is 5.73 Å². The van der Waals surface area contributed by atoms with Crippen LogP contribution in [0.2, 0.25) is 0 Å². The SMILES string of the molecule is Cc1cc(C)cc(C(C)NC(=O)[C@@H](N)Cc2cn(Cc3ccccc3)cn2)c1.Cl.Cl. The van der Waals surface area contributed by atoms with Crippen LogP contribution in [0.25, 0.3) is 0 Å². The predicted octanol–water partition coefficient (Wildman–Crippen LogP) is 4.14. The molecular weight excluding hydrogens is 419 g/mol. The highest BCUT2D eigenvalue weighted by Gasteiger charge is 2.18.